The van der Waals surface area contributed by atoms with E-state index in [1.54, 1.807) is 12.1 Å². The maximum absolute atomic E-state index is 9.37. The Bertz CT molecular complexity index is 278. The third-order valence-electron chi connectivity index (χ3n) is 1.47. The van der Waals surface area contributed by atoms with Crippen molar-refractivity contribution >= 4 is 39.1 Å². The maximum atomic E-state index is 9.37. The zero-order valence-electron chi connectivity index (χ0n) is 6.10. The van der Waals surface area contributed by atoms with Crippen molar-refractivity contribution in [1.29, 1.82) is 0 Å². The highest BCUT2D eigenvalue weighted by molar-refractivity contribution is 9.10. The van der Waals surface area contributed by atoms with E-state index in [2.05, 4.69) is 15.9 Å². The Labute approximate surface area is 89.4 Å². The van der Waals surface area contributed by atoms with E-state index in [1.807, 2.05) is 6.07 Å². The minimum Gasteiger partial charge on any atom is -0.387 e. The van der Waals surface area contributed by atoms with Crippen molar-refractivity contribution < 1.29 is 5.11 Å². The molecule has 0 aliphatic rings. The molecule has 1 atom stereocenters. The molecular formula is C8H7BrCl2O. The fourth-order valence-corrected chi connectivity index (χ4v) is 1.82. The number of hydrogen-bond acceptors (Lipinski definition) is 1. The smallest absolute Gasteiger partial charge is 0.0939 e. The predicted molar refractivity (Wildman–Crippen MR) is 54.8 cm³/mol. The normalized spacial score (nSPS) is 13.0. The third kappa shape index (κ3) is 2.36. The molecule has 1 rings (SSSR count). The predicted octanol–water partition coefficient (Wildman–Crippen LogP) is 3.37. The van der Waals surface area contributed by atoms with Crippen LogP contribution in [0.2, 0.25) is 5.02 Å². The summed E-state index contributed by atoms with van der Waals surface area (Å²) in [7, 11) is 0. The topological polar surface area (TPSA) is 20.2 Å². The minimum atomic E-state index is -0.688. The lowest BCUT2D eigenvalue weighted by molar-refractivity contribution is 0.203. The van der Waals surface area contributed by atoms with Gasteiger partial charge in [-0.1, -0.05) is 33.6 Å². The Morgan fingerprint density at radius 2 is 2.17 bits per heavy atom. The molecule has 0 unspecified atom stereocenters. The molecule has 0 bridgehead atoms. The van der Waals surface area contributed by atoms with Crippen molar-refractivity contribution in [2.45, 2.75) is 6.10 Å². The highest BCUT2D eigenvalue weighted by Crippen LogP contribution is 2.26. The first-order valence-electron chi connectivity index (χ1n) is 3.34. The van der Waals surface area contributed by atoms with Crippen LogP contribution in [0.1, 0.15) is 11.7 Å². The van der Waals surface area contributed by atoms with E-state index in [9.17, 15) is 5.11 Å². The lowest BCUT2D eigenvalue weighted by atomic mass is 10.1. The first kappa shape index (κ1) is 10.3. The summed E-state index contributed by atoms with van der Waals surface area (Å²) in [6.45, 7) is 0. The average molecular weight is 270 g/mol. The minimum absolute atomic E-state index is 0.154. The Hall–Kier alpha value is 0.240. The molecule has 0 aliphatic carbocycles. The number of aliphatic hydroxyl groups is 1. The summed E-state index contributed by atoms with van der Waals surface area (Å²) in [5.74, 6) is 0.154. The molecule has 12 heavy (non-hydrogen) atoms. The Kier molecular flexibility index (Phi) is 3.84. The summed E-state index contributed by atoms with van der Waals surface area (Å²) in [6, 6.07) is 5.29. The molecular weight excluding hydrogens is 263 g/mol. The van der Waals surface area contributed by atoms with E-state index in [4.69, 9.17) is 23.2 Å². The van der Waals surface area contributed by atoms with E-state index in [-0.39, 0.29) is 5.88 Å². The summed E-state index contributed by atoms with van der Waals surface area (Å²) < 4.78 is 0.887. The molecule has 0 aromatic heterocycles. The third-order valence-corrected chi connectivity index (χ3v) is 2.58. The Balaban J connectivity index is 3.01. The lowest BCUT2D eigenvalue weighted by Gasteiger charge is -2.08. The van der Waals surface area contributed by atoms with Crippen LogP contribution >= 0.6 is 39.1 Å². The molecule has 4 heteroatoms. The molecule has 1 aromatic carbocycles. The van der Waals surface area contributed by atoms with Gasteiger partial charge in [0.25, 0.3) is 0 Å². The van der Waals surface area contributed by atoms with Gasteiger partial charge in [0.2, 0.25) is 0 Å². The van der Waals surface area contributed by atoms with Crippen molar-refractivity contribution in [3.05, 3.63) is 33.3 Å². The highest BCUT2D eigenvalue weighted by Gasteiger charge is 2.09. The number of benzene rings is 1. The van der Waals surface area contributed by atoms with Crippen LogP contribution in [0.5, 0.6) is 0 Å². The van der Waals surface area contributed by atoms with Crippen LogP contribution in [0.4, 0.5) is 0 Å². The SMILES string of the molecule is O[C@H](CCl)c1ccc(Br)cc1Cl. The summed E-state index contributed by atoms with van der Waals surface area (Å²) in [5.41, 5.74) is 0.662. The lowest BCUT2D eigenvalue weighted by Crippen LogP contribution is -1.98. The summed E-state index contributed by atoms with van der Waals surface area (Å²) in [5, 5.41) is 9.89. The van der Waals surface area contributed by atoms with Crippen LogP contribution in [0.25, 0.3) is 0 Å². The zero-order valence-corrected chi connectivity index (χ0v) is 9.20. The summed E-state index contributed by atoms with van der Waals surface area (Å²) in [6.07, 6.45) is -0.688. The Morgan fingerprint density at radius 1 is 1.50 bits per heavy atom. The molecule has 66 valence electrons. The highest BCUT2D eigenvalue weighted by atomic mass is 79.9. The molecule has 0 saturated carbocycles. The second-order valence-corrected chi connectivity index (χ2v) is 3.97. The van der Waals surface area contributed by atoms with E-state index in [0.29, 0.717) is 10.6 Å². The second kappa shape index (κ2) is 4.47. The van der Waals surface area contributed by atoms with Gasteiger partial charge in [0.1, 0.15) is 0 Å². The number of alkyl halides is 1. The molecule has 1 nitrogen and oxygen atoms in total. The van der Waals surface area contributed by atoms with Crippen LogP contribution < -0.4 is 0 Å². The van der Waals surface area contributed by atoms with E-state index in [1.165, 1.54) is 0 Å². The number of rotatable bonds is 2. The fraction of sp³-hybridized carbons (Fsp3) is 0.250. The molecule has 1 aromatic rings. The van der Waals surface area contributed by atoms with Gasteiger partial charge in [0, 0.05) is 15.1 Å². The van der Waals surface area contributed by atoms with Crippen molar-refractivity contribution in [3.8, 4) is 0 Å². The van der Waals surface area contributed by atoms with Gasteiger partial charge in [0.05, 0.1) is 12.0 Å². The van der Waals surface area contributed by atoms with Crippen LogP contribution in [-0.4, -0.2) is 11.0 Å². The number of hydrogen-bond donors (Lipinski definition) is 1. The van der Waals surface area contributed by atoms with E-state index < -0.39 is 6.10 Å². The van der Waals surface area contributed by atoms with Gasteiger partial charge < -0.3 is 5.11 Å². The first-order valence-corrected chi connectivity index (χ1v) is 5.04. The molecule has 0 radical (unpaired) electrons. The number of aliphatic hydroxyl groups excluding tert-OH is 1. The van der Waals surface area contributed by atoms with Crippen LogP contribution in [0.15, 0.2) is 22.7 Å². The van der Waals surface area contributed by atoms with Gasteiger partial charge in [-0.3, -0.25) is 0 Å². The zero-order chi connectivity index (χ0) is 9.14. The molecule has 0 aliphatic heterocycles. The quantitative estimate of drug-likeness (QED) is 0.817. The van der Waals surface area contributed by atoms with Crippen molar-refractivity contribution in [2.24, 2.45) is 0 Å². The summed E-state index contributed by atoms with van der Waals surface area (Å²) in [4.78, 5) is 0. The van der Waals surface area contributed by atoms with E-state index >= 15 is 0 Å². The Morgan fingerprint density at radius 3 is 2.67 bits per heavy atom. The molecule has 0 heterocycles. The molecule has 0 fully saturated rings. The second-order valence-electron chi connectivity index (χ2n) is 2.34. The van der Waals surface area contributed by atoms with Crippen molar-refractivity contribution in [1.82, 2.24) is 0 Å². The van der Waals surface area contributed by atoms with Gasteiger partial charge >= 0.3 is 0 Å². The van der Waals surface area contributed by atoms with Crippen molar-refractivity contribution in [2.75, 3.05) is 5.88 Å². The maximum Gasteiger partial charge on any atom is 0.0939 e. The fourth-order valence-electron chi connectivity index (χ4n) is 0.855. The average Bonchev–Trinajstić information content (AvgIpc) is 2.03. The monoisotopic (exact) mass is 268 g/mol. The van der Waals surface area contributed by atoms with Crippen LogP contribution in [0.3, 0.4) is 0 Å². The standard InChI is InChI=1S/C8H7BrCl2O/c9-5-1-2-6(7(11)3-5)8(12)4-10/h1-3,8,12H,4H2/t8-/m1/s1. The van der Waals surface area contributed by atoms with E-state index in [0.717, 1.165) is 4.47 Å². The molecule has 0 amide bonds. The molecule has 1 N–H and O–H groups in total. The number of halogens is 3. The van der Waals surface area contributed by atoms with Gasteiger partial charge in [-0.05, 0) is 12.1 Å². The van der Waals surface area contributed by atoms with Gasteiger partial charge in [-0.2, -0.15) is 0 Å². The molecule has 0 spiro atoms. The molecule has 0 saturated heterocycles. The first-order chi connectivity index (χ1) is 5.65. The van der Waals surface area contributed by atoms with Crippen LogP contribution in [0, 0.1) is 0 Å². The van der Waals surface area contributed by atoms with Crippen molar-refractivity contribution in [3.63, 3.8) is 0 Å². The van der Waals surface area contributed by atoms with Crippen LogP contribution in [-0.2, 0) is 0 Å². The summed E-state index contributed by atoms with van der Waals surface area (Å²) >= 11 is 14.6. The van der Waals surface area contributed by atoms with Gasteiger partial charge in [-0.15, -0.1) is 11.6 Å². The largest absolute Gasteiger partial charge is 0.387 e. The van der Waals surface area contributed by atoms with Gasteiger partial charge in [0.15, 0.2) is 0 Å². The van der Waals surface area contributed by atoms with Gasteiger partial charge in [-0.25, -0.2) is 0 Å².